The van der Waals surface area contributed by atoms with Gasteiger partial charge in [-0.1, -0.05) is 73.3 Å². The van der Waals surface area contributed by atoms with Gasteiger partial charge in [-0.15, -0.1) is 0 Å². The molecule has 2 aromatic rings. The van der Waals surface area contributed by atoms with Crippen molar-refractivity contribution in [3.8, 4) is 0 Å². The van der Waals surface area contributed by atoms with Gasteiger partial charge in [0.15, 0.2) is 0 Å². The number of rotatable bonds is 4. The van der Waals surface area contributed by atoms with E-state index in [-0.39, 0.29) is 0 Å². The largest absolute Gasteiger partial charge is 0.0952 e. The maximum atomic E-state index is 4.18. The van der Waals surface area contributed by atoms with Crippen LogP contribution in [0.1, 0.15) is 18.1 Å². The van der Waals surface area contributed by atoms with Gasteiger partial charge in [0.2, 0.25) is 0 Å². The van der Waals surface area contributed by atoms with E-state index >= 15 is 0 Å². The number of allylic oxidation sites excluding steroid dienone is 2. The molecule has 0 heteroatoms. The maximum absolute atomic E-state index is 4.18. The molecule has 18 heavy (non-hydrogen) atoms. The summed E-state index contributed by atoms with van der Waals surface area (Å²) in [5, 5.41) is 0. The van der Waals surface area contributed by atoms with Crippen molar-refractivity contribution in [3.63, 3.8) is 0 Å². The minimum atomic E-state index is 0.913. The zero-order chi connectivity index (χ0) is 12.8. The maximum Gasteiger partial charge on any atom is -0.00290 e. The summed E-state index contributed by atoms with van der Waals surface area (Å²) < 4.78 is 0. The molecule has 0 aliphatic rings. The average molecular weight is 234 g/mol. The topological polar surface area (TPSA) is 0 Å². The van der Waals surface area contributed by atoms with Gasteiger partial charge < -0.3 is 0 Å². The van der Waals surface area contributed by atoms with E-state index in [9.17, 15) is 0 Å². The second-order valence-electron chi connectivity index (χ2n) is 4.50. The van der Waals surface area contributed by atoms with Crippen LogP contribution in [0.15, 0.2) is 78.4 Å². The van der Waals surface area contributed by atoms with Gasteiger partial charge in [-0.3, -0.25) is 0 Å². The Bertz CT molecular complexity index is 533. The molecule has 0 atom stereocenters. The van der Waals surface area contributed by atoms with Gasteiger partial charge in [-0.2, -0.15) is 0 Å². The Morgan fingerprint density at radius 1 is 0.944 bits per heavy atom. The second kappa shape index (κ2) is 6.02. The predicted octanol–water partition coefficient (Wildman–Crippen LogP) is 4.89. The summed E-state index contributed by atoms with van der Waals surface area (Å²) in [5.41, 5.74) is 4.95. The highest BCUT2D eigenvalue weighted by atomic mass is 14.0. The Balaban J connectivity index is 2.08. The fraction of sp³-hybridized carbons (Fsp3) is 0.111. The normalized spacial score (nSPS) is 11.3. The fourth-order valence-electron chi connectivity index (χ4n) is 1.88. The lowest BCUT2D eigenvalue weighted by molar-refractivity contribution is 1.16. The van der Waals surface area contributed by atoms with E-state index in [2.05, 4.69) is 68.1 Å². The van der Waals surface area contributed by atoms with Crippen molar-refractivity contribution in [1.82, 2.24) is 0 Å². The SMILES string of the molecule is C=C(Cc1ccccc1)C(C)=Cc1ccccc1. The van der Waals surface area contributed by atoms with E-state index in [1.54, 1.807) is 0 Å². The Morgan fingerprint density at radius 2 is 1.50 bits per heavy atom. The molecule has 0 unspecified atom stereocenters. The lowest BCUT2D eigenvalue weighted by Crippen LogP contribution is -1.90. The summed E-state index contributed by atoms with van der Waals surface area (Å²) in [6.07, 6.45) is 3.10. The van der Waals surface area contributed by atoms with Crippen LogP contribution in [0.2, 0.25) is 0 Å². The summed E-state index contributed by atoms with van der Waals surface area (Å²) in [6, 6.07) is 20.8. The van der Waals surface area contributed by atoms with Crippen LogP contribution in [0.4, 0.5) is 0 Å². The van der Waals surface area contributed by atoms with E-state index < -0.39 is 0 Å². The van der Waals surface area contributed by atoms with Crippen LogP contribution in [0.25, 0.3) is 6.08 Å². The van der Waals surface area contributed by atoms with E-state index in [1.807, 2.05) is 12.1 Å². The standard InChI is InChI=1S/C18H18/c1-15(13-17-9-5-3-6-10-17)16(2)14-18-11-7-4-8-12-18/h3-12,14H,1,13H2,2H3. The summed E-state index contributed by atoms with van der Waals surface area (Å²) in [5.74, 6) is 0. The lowest BCUT2D eigenvalue weighted by atomic mass is 9.99. The molecule has 0 nitrogen and oxygen atoms in total. The molecule has 2 rings (SSSR count). The summed E-state index contributed by atoms with van der Waals surface area (Å²) >= 11 is 0. The first kappa shape index (κ1) is 12.4. The number of hydrogen-bond acceptors (Lipinski definition) is 0. The third-order valence-electron chi connectivity index (χ3n) is 3.00. The van der Waals surface area contributed by atoms with Crippen molar-refractivity contribution < 1.29 is 0 Å². The Hall–Kier alpha value is -2.08. The zero-order valence-corrected chi connectivity index (χ0v) is 10.8. The number of benzene rings is 2. The van der Waals surface area contributed by atoms with Crippen molar-refractivity contribution in [1.29, 1.82) is 0 Å². The second-order valence-corrected chi connectivity index (χ2v) is 4.50. The monoisotopic (exact) mass is 234 g/mol. The van der Waals surface area contributed by atoms with Crippen LogP contribution in [-0.2, 0) is 6.42 Å². The molecule has 0 radical (unpaired) electrons. The molecule has 0 N–H and O–H groups in total. The van der Waals surface area contributed by atoms with Gasteiger partial charge in [0.25, 0.3) is 0 Å². The molecule has 0 saturated carbocycles. The molecule has 0 amide bonds. The predicted molar refractivity (Wildman–Crippen MR) is 79.4 cm³/mol. The Labute approximate surface area is 109 Å². The van der Waals surface area contributed by atoms with Crippen molar-refractivity contribution in [2.75, 3.05) is 0 Å². The van der Waals surface area contributed by atoms with Crippen LogP contribution in [0.3, 0.4) is 0 Å². The highest BCUT2D eigenvalue weighted by Crippen LogP contribution is 2.17. The van der Waals surface area contributed by atoms with Crippen molar-refractivity contribution >= 4 is 6.08 Å². The lowest BCUT2D eigenvalue weighted by Gasteiger charge is -2.06. The van der Waals surface area contributed by atoms with E-state index in [4.69, 9.17) is 0 Å². The molecule has 0 saturated heterocycles. The minimum absolute atomic E-state index is 0.913. The molecular weight excluding hydrogens is 216 g/mol. The van der Waals surface area contributed by atoms with Crippen LogP contribution in [0.5, 0.6) is 0 Å². The first-order valence-corrected chi connectivity index (χ1v) is 6.21. The third-order valence-corrected chi connectivity index (χ3v) is 3.00. The molecule has 0 spiro atoms. The smallest absolute Gasteiger partial charge is 0.00290 e. The van der Waals surface area contributed by atoms with E-state index in [1.165, 1.54) is 22.3 Å². The molecule has 90 valence electrons. The average Bonchev–Trinajstić information content (AvgIpc) is 2.41. The number of hydrogen-bond donors (Lipinski definition) is 0. The Morgan fingerprint density at radius 3 is 2.11 bits per heavy atom. The molecular formula is C18H18. The zero-order valence-electron chi connectivity index (χ0n) is 10.8. The first-order valence-electron chi connectivity index (χ1n) is 6.21. The molecule has 2 aromatic carbocycles. The van der Waals surface area contributed by atoms with Gasteiger partial charge in [0.05, 0.1) is 0 Å². The van der Waals surface area contributed by atoms with Crippen LogP contribution >= 0.6 is 0 Å². The summed E-state index contributed by atoms with van der Waals surface area (Å²) in [4.78, 5) is 0. The Kier molecular flexibility index (Phi) is 4.14. The molecule has 0 aromatic heterocycles. The van der Waals surface area contributed by atoms with Crippen molar-refractivity contribution in [3.05, 3.63) is 89.5 Å². The summed E-state index contributed by atoms with van der Waals surface area (Å²) in [7, 11) is 0. The van der Waals surface area contributed by atoms with Crippen LogP contribution in [0, 0.1) is 0 Å². The van der Waals surface area contributed by atoms with Gasteiger partial charge in [-0.05, 0) is 35.6 Å². The molecule has 0 bridgehead atoms. The van der Waals surface area contributed by atoms with Crippen molar-refractivity contribution in [2.24, 2.45) is 0 Å². The van der Waals surface area contributed by atoms with E-state index in [0.717, 1.165) is 6.42 Å². The quantitative estimate of drug-likeness (QED) is 0.661. The highest BCUT2D eigenvalue weighted by molar-refractivity contribution is 5.57. The molecule has 0 aliphatic heterocycles. The van der Waals surface area contributed by atoms with Gasteiger partial charge >= 0.3 is 0 Å². The van der Waals surface area contributed by atoms with Crippen LogP contribution < -0.4 is 0 Å². The molecule has 0 heterocycles. The van der Waals surface area contributed by atoms with Crippen LogP contribution in [-0.4, -0.2) is 0 Å². The van der Waals surface area contributed by atoms with Gasteiger partial charge in [0, 0.05) is 0 Å². The van der Waals surface area contributed by atoms with Gasteiger partial charge in [-0.25, -0.2) is 0 Å². The summed E-state index contributed by atoms with van der Waals surface area (Å²) in [6.45, 7) is 6.30. The highest BCUT2D eigenvalue weighted by Gasteiger charge is 1.99. The van der Waals surface area contributed by atoms with E-state index in [0.29, 0.717) is 0 Å². The van der Waals surface area contributed by atoms with Crippen molar-refractivity contribution in [2.45, 2.75) is 13.3 Å². The minimum Gasteiger partial charge on any atom is -0.0952 e. The van der Waals surface area contributed by atoms with Gasteiger partial charge in [0.1, 0.15) is 0 Å². The molecule has 0 fully saturated rings. The molecule has 0 aliphatic carbocycles. The fourth-order valence-corrected chi connectivity index (χ4v) is 1.88. The first-order chi connectivity index (χ1) is 8.75. The third kappa shape index (κ3) is 3.46.